The van der Waals surface area contributed by atoms with Crippen molar-refractivity contribution < 1.29 is 22.7 Å². The Morgan fingerprint density at radius 3 is 2.52 bits per heavy atom. The minimum Gasteiger partial charge on any atom is -0.480 e. The van der Waals surface area contributed by atoms with Gasteiger partial charge in [-0.15, -0.1) is 10.2 Å². The molecule has 1 amide bonds. The van der Waals surface area contributed by atoms with E-state index in [1.165, 1.54) is 19.2 Å². The average molecular weight is 405 g/mol. The van der Waals surface area contributed by atoms with Crippen LogP contribution in [0, 0.1) is 13.8 Å². The number of hydrogen-bond donors (Lipinski definition) is 1. The molecule has 0 saturated carbocycles. The number of nitrogens with zero attached hydrogens (tertiary/aromatic N) is 4. The fourth-order valence-electron chi connectivity index (χ4n) is 2.81. The Morgan fingerprint density at radius 2 is 1.93 bits per heavy atom. The Kier molecular flexibility index (Phi) is 5.53. The molecule has 3 rings (SSSR count). The molecule has 2 aromatic heterocycles. The normalized spacial score (nSPS) is 11.4. The first-order valence-electron chi connectivity index (χ1n) is 8.58. The molecule has 3 aromatic rings. The van der Waals surface area contributed by atoms with Crippen LogP contribution in [0.5, 0.6) is 5.88 Å². The number of hydrogen-bond acceptors (Lipinski definition) is 5. The number of aromatic nitrogens is 4. The predicted molar refractivity (Wildman–Crippen MR) is 97.8 cm³/mol. The molecule has 7 nitrogen and oxygen atoms in total. The number of carbonyl (C=O) groups excluding carboxylic acids is 1. The molecule has 152 valence electrons. The molecule has 0 aliphatic rings. The molecule has 0 radical (unpaired) electrons. The molecule has 0 saturated heterocycles. The summed E-state index contributed by atoms with van der Waals surface area (Å²) in [5.74, 6) is -0.933. The number of alkyl halides is 3. The van der Waals surface area contributed by atoms with Gasteiger partial charge in [0.25, 0.3) is 5.91 Å². The smallest absolute Gasteiger partial charge is 0.434 e. The maximum absolute atomic E-state index is 13.7. The van der Waals surface area contributed by atoms with Gasteiger partial charge >= 0.3 is 6.18 Å². The number of halogens is 3. The van der Waals surface area contributed by atoms with E-state index in [1.807, 2.05) is 32.0 Å². The Labute approximate surface area is 164 Å². The standard InChI is InChI=1S/C19H18F3N5O2/c1-11-4-5-13(12(2)8-11)9-23-18(28)14-10-24-27(17(14)19(20,21)22)15-6-7-16(29-3)26-25-15/h4-8,10H,9H2,1-3H3,(H,23,28). The first-order chi connectivity index (χ1) is 13.7. The second-order valence-electron chi connectivity index (χ2n) is 6.36. The largest absolute Gasteiger partial charge is 0.480 e. The third-order valence-corrected chi connectivity index (χ3v) is 4.27. The van der Waals surface area contributed by atoms with Crippen LogP contribution in [0.25, 0.3) is 5.82 Å². The highest BCUT2D eigenvalue weighted by molar-refractivity contribution is 5.95. The van der Waals surface area contributed by atoms with E-state index in [2.05, 4.69) is 20.6 Å². The van der Waals surface area contributed by atoms with Gasteiger partial charge in [0.05, 0.1) is 18.9 Å². The van der Waals surface area contributed by atoms with E-state index in [0.717, 1.165) is 22.9 Å². The van der Waals surface area contributed by atoms with Crippen molar-refractivity contribution >= 4 is 5.91 Å². The van der Waals surface area contributed by atoms with Gasteiger partial charge in [-0.1, -0.05) is 23.8 Å². The summed E-state index contributed by atoms with van der Waals surface area (Å²) in [4.78, 5) is 12.5. The van der Waals surface area contributed by atoms with Crippen LogP contribution in [0.15, 0.2) is 36.5 Å². The number of methoxy groups -OCH3 is 1. The summed E-state index contributed by atoms with van der Waals surface area (Å²) in [5.41, 5.74) is 0.977. The van der Waals surface area contributed by atoms with Crippen LogP contribution in [0.1, 0.15) is 32.7 Å². The van der Waals surface area contributed by atoms with E-state index in [1.54, 1.807) is 0 Å². The third-order valence-electron chi connectivity index (χ3n) is 4.27. The van der Waals surface area contributed by atoms with Crippen molar-refractivity contribution in [2.75, 3.05) is 7.11 Å². The number of carbonyl (C=O) groups is 1. The highest BCUT2D eigenvalue weighted by Crippen LogP contribution is 2.33. The first-order valence-corrected chi connectivity index (χ1v) is 8.58. The molecule has 0 fully saturated rings. The van der Waals surface area contributed by atoms with Crippen molar-refractivity contribution in [3.63, 3.8) is 0 Å². The topological polar surface area (TPSA) is 81.9 Å². The Hall–Kier alpha value is -3.43. The van der Waals surface area contributed by atoms with E-state index in [-0.39, 0.29) is 18.2 Å². The van der Waals surface area contributed by atoms with Crippen LogP contribution < -0.4 is 10.1 Å². The predicted octanol–water partition coefficient (Wildman–Crippen LogP) is 3.24. The molecule has 0 aliphatic carbocycles. The van der Waals surface area contributed by atoms with E-state index < -0.39 is 23.3 Å². The third kappa shape index (κ3) is 4.36. The lowest BCUT2D eigenvalue weighted by Crippen LogP contribution is -2.26. The second-order valence-corrected chi connectivity index (χ2v) is 6.36. The van der Waals surface area contributed by atoms with Gasteiger partial charge in [-0.05, 0) is 31.0 Å². The van der Waals surface area contributed by atoms with Gasteiger partial charge in [0.2, 0.25) is 5.88 Å². The minimum absolute atomic E-state index is 0.0930. The van der Waals surface area contributed by atoms with Gasteiger partial charge in [0, 0.05) is 12.6 Å². The number of aryl methyl sites for hydroxylation is 2. The Morgan fingerprint density at radius 1 is 1.17 bits per heavy atom. The summed E-state index contributed by atoms with van der Waals surface area (Å²) in [6.45, 7) is 3.90. The van der Waals surface area contributed by atoms with Gasteiger partial charge in [-0.3, -0.25) is 4.79 Å². The maximum Gasteiger partial charge on any atom is 0.434 e. The summed E-state index contributed by atoms with van der Waals surface area (Å²) < 4.78 is 46.5. The molecule has 10 heteroatoms. The van der Waals surface area contributed by atoms with Gasteiger partial charge in [0.1, 0.15) is 0 Å². The van der Waals surface area contributed by atoms with Crippen molar-refractivity contribution in [2.45, 2.75) is 26.6 Å². The maximum atomic E-state index is 13.7. The van der Waals surface area contributed by atoms with Crippen molar-refractivity contribution in [1.29, 1.82) is 0 Å². The average Bonchev–Trinajstić information content (AvgIpc) is 3.13. The van der Waals surface area contributed by atoms with Gasteiger partial charge in [-0.25, -0.2) is 4.68 Å². The van der Waals surface area contributed by atoms with Crippen LogP contribution in [0.4, 0.5) is 13.2 Å². The molecule has 0 unspecified atom stereocenters. The van der Waals surface area contributed by atoms with Crippen molar-refractivity contribution in [3.8, 4) is 11.7 Å². The molecule has 1 N–H and O–H groups in total. The van der Waals surface area contributed by atoms with Crippen LogP contribution in [-0.4, -0.2) is 33.0 Å². The van der Waals surface area contributed by atoms with Crippen LogP contribution in [0.2, 0.25) is 0 Å². The summed E-state index contributed by atoms with van der Waals surface area (Å²) in [7, 11) is 1.36. The summed E-state index contributed by atoms with van der Waals surface area (Å²) in [6.07, 6.45) is -3.96. The Balaban J connectivity index is 1.90. The summed E-state index contributed by atoms with van der Waals surface area (Å²) in [5, 5.41) is 13.5. The van der Waals surface area contributed by atoms with E-state index in [0.29, 0.717) is 4.68 Å². The van der Waals surface area contributed by atoms with E-state index >= 15 is 0 Å². The number of ether oxygens (including phenoxy) is 1. The zero-order chi connectivity index (χ0) is 21.2. The molecule has 2 heterocycles. The molecule has 0 spiro atoms. The SMILES string of the molecule is COc1ccc(-n2ncc(C(=O)NCc3ccc(C)cc3C)c2C(F)(F)F)nn1. The lowest BCUT2D eigenvalue weighted by Gasteiger charge is -2.13. The van der Waals surface area contributed by atoms with Crippen molar-refractivity contribution in [2.24, 2.45) is 0 Å². The van der Waals surface area contributed by atoms with E-state index in [9.17, 15) is 18.0 Å². The minimum atomic E-state index is -4.83. The second kappa shape index (κ2) is 7.90. The zero-order valence-electron chi connectivity index (χ0n) is 15.9. The number of benzene rings is 1. The van der Waals surface area contributed by atoms with Crippen LogP contribution in [0.3, 0.4) is 0 Å². The quantitative estimate of drug-likeness (QED) is 0.705. The van der Waals surface area contributed by atoms with Gasteiger partial charge in [-0.2, -0.15) is 18.3 Å². The van der Waals surface area contributed by atoms with Crippen LogP contribution in [-0.2, 0) is 12.7 Å². The summed E-state index contributed by atoms with van der Waals surface area (Å²) >= 11 is 0. The summed E-state index contributed by atoms with van der Waals surface area (Å²) in [6, 6.07) is 8.25. The molecular formula is C19H18F3N5O2. The van der Waals surface area contributed by atoms with Crippen molar-refractivity contribution in [3.05, 3.63) is 64.5 Å². The molecule has 0 atom stereocenters. The molecule has 0 aliphatic heterocycles. The lowest BCUT2D eigenvalue weighted by atomic mass is 10.1. The first kappa shape index (κ1) is 20.3. The van der Waals surface area contributed by atoms with Crippen molar-refractivity contribution in [1.82, 2.24) is 25.3 Å². The fourth-order valence-corrected chi connectivity index (χ4v) is 2.81. The molecular weight excluding hydrogens is 387 g/mol. The molecule has 29 heavy (non-hydrogen) atoms. The lowest BCUT2D eigenvalue weighted by molar-refractivity contribution is -0.143. The molecule has 1 aromatic carbocycles. The fraction of sp³-hybridized carbons (Fsp3) is 0.263. The molecule has 0 bridgehead atoms. The zero-order valence-corrected chi connectivity index (χ0v) is 15.9. The Bertz CT molecular complexity index is 1030. The number of nitrogens with one attached hydrogen (secondary N) is 1. The van der Waals surface area contributed by atoms with Gasteiger partial charge in [0.15, 0.2) is 11.5 Å². The van der Waals surface area contributed by atoms with Gasteiger partial charge < -0.3 is 10.1 Å². The van der Waals surface area contributed by atoms with Crippen LogP contribution >= 0.6 is 0 Å². The van der Waals surface area contributed by atoms with E-state index in [4.69, 9.17) is 4.74 Å². The number of amides is 1. The number of rotatable bonds is 5. The highest BCUT2D eigenvalue weighted by Gasteiger charge is 2.41. The monoisotopic (exact) mass is 405 g/mol. The highest BCUT2D eigenvalue weighted by atomic mass is 19.4.